The van der Waals surface area contributed by atoms with Crippen LogP contribution in [0.3, 0.4) is 0 Å². The van der Waals surface area contributed by atoms with Crippen molar-refractivity contribution < 1.29 is 9.13 Å². The first-order valence-electron chi connectivity index (χ1n) is 6.06. The average Bonchev–Trinajstić information content (AvgIpc) is 2.40. The number of rotatable bonds is 4. The summed E-state index contributed by atoms with van der Waals surface area (Å²) in [4.78, 5) is 11.1. The number of benzene rings is 2. The number of nitro benzene ring substituents is 1. The molecular formula is C14H13BrN2O3S. The lowest BCUT2D eigenvalue weighted by molar-refractivity contribution is -0.385. The fraction of sp³-hybridized carbons (Fsp3) is 0.143. The minimum Gasteiger partial charge on any atom is -0.399 e. The van der Waals surface area contributed by atoms with Gasteiger partial charge in [-0.3, -0.25) is 14.3 Å². The molecule has 1 unspecified atom stereocenters. The molecule has 2 N–H and O–H groups in total. The molecule has 0 fully saturated rings. The van der Waals surface area contributed by atoms with Crippen molar-refractivity contribution in [1.29, 1.82) is 0 Å². The number of halogens is 1. The van der Waals surface area contributed by atoms with Gasteiger partial charge in [0.1, 0.15) is 0 Å². The Morgan fingerprint density at radius 2 is 2.05 bits per heavy atom. The van der Waals surface area contributed by atoms with E-state index in [9.17, 15) is 14.3 Å². The minimum atomic E-state index is -1.31. The molecule has 1 atom stereocenters. The monoisotopic (exact) mass is 368 g/mol. The van der Waals surface area contributed by atoms with Gasteiger partial charge in [-0.05, 0) is 46.6 Å². The van der Waals surface area contributed by atoms with Crippen LogP contribution in [0, 0.1) is 17.0 Å². The van der Waals surface area contributed by atoms with Gasteiger partial charge in [-0.2, -0.15) is 0 Å². The maximum atomic E-state index is 12.5. The molecule has 21 heavy (non-hydrogen) atoms. The first-order valence-corrected chi connectivity index (χ1v) is 8.17. The lowest BCUT2D eigenvalue weighted by atomic mass is 10.1. The number of nitro groups is 1. The number of anilines is 1. The molecule has 0 aromatic heterocycles. The molecule has 0 radical (unpaired) electrons. The van der Waals surface area contributed by atoms with Crippen molar-refractivity contribution in [3.63, 3.8) is 0 Å². The van der Waals surface area contributed by atoms with E-state index in [-0.39, 0.29) is 11.4 Å². The largest absolute Gasteiger partial charge is 0.399 e. The molecule has 2 aromatic rings. The highest BCUT2D eigenvalue weighted by Crippen LogP contribution is 2.27. The summed E-state index contributed by atoms with van der Waals surface area (Å²) in [7, 11) is -1.31. The lowest BCUT2D eigenvalue weighted by Gasteiger charge is -2.08. The Bertz CT molecular complexity index is 734. The highest BCUT2D eigenvalue weighted by Gasteiger charge is 2.16. The van der Waals surface area contributed by atoms with E-state index < -0.39 is 15.7 Å². The van der Waals surface area contributed by atoms with Crippen molar-refractivity contribution in [1.82, 2.24) is 0 Å². The molecule has 2 rings (SSSR count). The van der Waals surface area contributed by atoms with E-state index in [2.05, 4.69) is 15.9 Å². The van der Waals surface area contributed by atoms with Crippen LogP contribution in [0.5, 0.6) is 0 Å². The Hall–Kier alpha value is -1.73. The summed E-state index contributed by atoms with van der Waals surface area (Å²) in [5.41, 5.74) is 7.52. The number of nitrogen functional groups attached to an aromatic ring is 1. The summed E-state index contributed by atoms with van der Waals surface area (Å²) in [5, 5.41) is 10.9. The molecule has 0 heterocycles. The number of nitrogens with two attached hydrogens (primary N) is 1. The van der Waals surface area contributed by atoms with Crippen molar-refractivity contribution in [2.45, 2.75) is 17.6 Å². The average molecular weight is 369 g/mol. The predicted octanol–water partition coefficient (Wildman–Crippen LogP) is 3.56. The zero-order chi connectivity index (χ0) is 15.6. The second-order valence-corrected chi connectivity index (χ2v) is 6.77. The molecule has 0 saturated heterocycles. The van der Waals surface area contributed by atoms with Gasteiger partial charge in [0.25, 0.3) is 5.69 Å². The van der Waals surface area contributed by atoms with Crippen molar-refractivity contribution in [2.75, 3.05) is 5.73 Å². The van der Waals surface area contributed by atoms with Gasteiger partial charge >= 0.3 is 0 Å². The molecule has 2 aromatic carbocycles. The van der Waals surface area contributed by atoms with Crippen LogP contribution in [-0.4, -0.2) is 9.13 Å². The van der Waals surface area contributed by atoms with Crippen molar-refractivity contribution in [3.8, 4) is 0 Å². The van der Waals surface area contributed by atoms with Gasteiger partial charge < -0.3 is 5.73 Å². The van der Waals surface area contributed by atoms with Crippen LogP contribution >= 0.6 is 15.9 Å². The zero-order valence-electron chi connectivity index (χ0n) is 11.2. The fourth-order valence-corrected chi connectivity index (χ4v) is 4.13. The minimum absolute atomic E-state index is 0.0425. The van der Waals surface area contributed by atoms with E-state index in [1.165, 1.54) is 6.07 Å². The molecule has 0 spiro atoms. The Kier molecular flexibility index (Phi) is 4.74. The van der Waals surface area contributed by atoms with Crippen LogP contribution in [-0.2, 0) is 16.6 Å². The van der Waals surface area contributed by atoms with E-state index in [0.717, 1.165) is 0 Å². The number of nitrogens with zero attached hydrogens (tertiary/aromatic N) is 1. The first-order chi connectivity index (χ1) is 9.90. The molecular weight excluding hydrogens is 356 g/mol. The van der Waals surface area contributed by atoms with Gasteiger partial charge in [-0.1, -0.05) is 12.1 Å². The molecule has 0 saturated carbocycles. The Balaban J connectivity index is 2.32. The molecule has 110 valence electrons. The van der Waals surface area contributed by atoms with Gasteiger partial charge in [0.2, 0.25) is 0 Å². The van der Waals surface area contributed by atoms with E-state index in [1.54, 1.807) is 37.3 Å². The zero-order valence-corrected chi connectivity index (χ0v) is 13.6. The van der Waals surface area contributed by atoms with Crippen LogP contribution in [0.4, 0.5) is 11.4 Å². The quantitative estimate of drug-likeness (QED) is 0.507. The van der Waals surface area contributed by atoms with Gasteiger partial charge in [0, 0.05) is 21.8 Å². The van der Waals surface area contributed by atoms with E-state index in [0.29, 0.717) is 26.2 Å². The SMILES string of the molecule is Cc1c(CS(=O)c2ccc(N)cc2Br)cccc1[N+](=O)[O-]. The normalized spacial score (nSPS) is 12.1. The topological polar surface area (TPSA) is 86.2 Å². The van der Waals surface area contributed by atoms with Crippen molar-refractivity contribution >= 4 is 38.1 Å². The van der Waals surface area contributed by atoms with E-state index >= 15 is 0 Å². The number of hydrogen-bond acceptors (Lipinski definition) is 4. The summed E-state index contributed by atoms with van der Waals surface area (Å²) in [5.74, 6) is 0.218. The highest BCUT2D eigenvalue weighted by atomic mass is 79.9. The highest BCUT2D eigenvalue weighted by molar-refractivity contribution is 9.10. The lowest BCUT2D eigenvalue weighted by Crippen LogP contribution is -2.02. The first kappa shape index (κ1) is 15.7. The number of hydrogen-bond donors (Lipinski definition) is 1. The third-order valence-electron chi connectivity index (χ3n) is 3.10. The van der Waals surface area contributed by atoms with Crippen molar-refractivity contribution in [2.24, 2.45) is 0 Å². The van der Waals surface area contributed by atoms with Crippen molar-refractivity contribution in [3.05, 3.63) is 62.1 Å². The Morgan fingerprint density at radius 1 is 1.33 bits per heavy atom. The fourth-order valence-electron chi connectivity index (χ4n) is 1.94. The second kappa shape index (κ2) is 6.36. The van der Waals surface area contributed by atoms with E-state index in [4.69, 9.17) is 5.73 Å². The maximum Gasteiger partial charge on any atom is 0.272 e. The Labute approximate surface area is 132 Å². The van der Waals surface area contributed by atoms with E-state index in [1.807, 2.05) is 0 Å². The third-order valence-corrected chi connectivity index (χ3v) is 5.44. The van der Waals surface area contributed by atoms with Gasteiger partial charge in [-0.25, -0.2) is 0 Å². The summed E-state index contributed by atoms with van der Waals surface area (Å²) >= 11 is 3.34. The summed E-state index contributed by atoms with van der Waals surface area (Å²) in [6.45, 7) is 1.67. The molecule has 7 heteroatoms. The van der Waals surface area contributed by atoms with Crippen LogP contribution in [0.15, 0.2) is 45.8 Å². The van der Waals surface area contributed by atoms with Crippen LogP contribution in [0.1, 0.15) is 11.1 Å². The molecule has 0 bridgehead atoms. The van der Waals surface area contributed by atoms with Crippen LogP contribution in [0.2, 0.25) is 0 Å². The Morgan fingerprint density at radius 3 is 2.67 bits per heavy atom. The van der Waals surface area contributed by atoms with Gasteiger partial charge in [-0.15, -0.1) is 0 Å². The standard InChI is InChI=1S/C14H13BrN2O3S/c1-9-10(3-2-4-13(9)17(18)19)8-21(20)14-6-5-11(16)7-12(14)15/h2-7H,8,16H2,1H3. The molecule has 5 nitrogen and oxygen atoms in total. The summed E-state index contributed by atoms with van der Waals surface area (Å²) < 4.78 is 13.1. The second-order valence-electron chi connectivity index (χ2n) is 4.50. The van der Waals surface area contributed by atoms with Crippen LogP contribution < -0.4 is 5.73 Å². The van der Waals surface area contributed by atoms with Gasteiger partial charge in [0.15, 0.2) is 0 Å². The summed E-state index contributed by atoms with van der Waals surface area (Å²) in [6, 6.07) is 9.87. The maximum absolute atomic E-state index is 12.5. The smallest absolute Gasteiger partial charge is 0.272 e. The summed E-state index contributed by atoms with van der Waals surface area (Å²) in [6.07, 6.45) is 0. The molecule has 0 aliphatic carbocycles. The van der Waals surface area contributed by atoms with Gasteiger partial charge in [0.05, 0.1) is 26.4 Å². The third kappa shape index (κ3) is 3.48. The molecule has 0 aliphatic heterocycles. The molecule has 0 aliphatic rings. The van der Waals surface area contributed by atoms with Crippen LogP contribution in [0.25, 0.3) is 0 Å². The predicted molar refractivity (Wildman–Crippen MR) is 86.5 cm³/mol. The molecule has 0 amide bonds.